The standard InChI is InChI=1S/C25H29ClN4O/c26-21-4-2-1-3-19(21)24(31)30-6-5-20-22(13-30)28-15-29-23(20)27-14-25-10-16-7-17(11-25)9-18(8-16)12-25/h1-4,15-18H,5-14H2,(H,27,28,29). The number of hydrogen-bond acceptors (Lipinski definition) is 4. The molecule has 0 atom stereocenters. The average Bonchev–Trinajstić information content (AvgIpc) is 2.76. The highest BCUT2D eigenvalue weighted by molar-refractivity contribution is 6.33. The Hall–Kier alpha value is -2.14. The van der Waals surface area contributed by atoms with Gasteiger partial charge in [0.05, 0.1) is 22.8 Å². The Labute approximate surface area is 188 Å². The van der Waals surface area contributed by atoms with Gasteiger partial charge in [0.1, 0.15) is 12.1 Å². The highest BCUT2D eigenvalue weighted by atomic mass is 35.5. The normalized spacial score (nSPS) is 30.9. The Morgan fingerprint density at radius 2 is 1.81 bits per heavy atom. The number of hydrogen-bond donors (Lipinski definition) is 1. The van der Waals surface area contributed by atoms with E-state index >= 15 is 0 Å². The quantitative estimate of drug-likeness (QED) is 0.736. The van der Waals surface area contributed by atoms with Crippen molar-refractivity contribution in [3.05, 3.63) is 52.4 Å². The fourth-order valence-corrected chi connectivity index (χ4v) is 7.48. The van der Waals surface area contributed by atoms with E-state index < -0.39 is 0 Å². The molecule has 1 N–H and O–H groups in total. The number of amides is 1. The van der Waals surface area contributed by atoms with Gasteiger partial charge < -0.3 is 10.2 Å². The van der Waals surface area contributed by atoms with Gasteiger partial charge in [0.15, 0.2) is 0 Å². The van der Waals surface area contributed by atoms with Gasteiger partial charge >= 0.3 is 0 Å². The molecule has 1 aromatic carbocycles. The minimum Gasteiger partial charge on any atom is -0.369 e. The highest BCUT2D eigenvalue weighted by Crippen LogP contribution is 2.59. The van der Waals surface area contributed by atoms with E-state index in [0.717, 1.165) is 42.2 Å². The summed E-state index contributed by atoms with van der Waals surface area (Å²) >= 11 is 6.25. The van der Waals surface area contributed by atoms with Crippen molar-refractivity contribution >= 4 is 23.3 Å². The maximum absolute atomic E-state index is 13.0. The number of nitrogens with one attached hydrogen (secondary N) is 1. The fourth-order valence-electron chi connectivity index (χ4n) is 7.26. The summed E-state index contributed by atoms with van der Waals surface area (Å²) < 4.78 is 0. The van der Waals surface area contributed by atoms with E-state index in [2.05, 4.69) is 15.3 Å². The van der Waals surface area contributed by atoms with Gasteiger partial charge in [0.25, 0.3) is 5.91 Å². The molecule has 2 aromatic rings. The number of aromatic nitrogens is 2. The van der Waals surface area contributed by atoms with Crippen LogP contribution in [0.4, 0.5) is 5.82 Å². The van der Waals surface area contributed by atoms with Gasteiger partial charge in [-0.05, 0) is 80.2 Å². The van der Waals surface area contributed by atoms with E-state index in [9.17, 15) is 4.79 Å². The maximum atomic E-state index is 13.0. The van der Waals surface area contributed by atoms with Crippen LogP contribution in [0, 0.1) is 23.2 Å². The number of fused-ring (bicyclic) bond motifs is 1. The molecule has 6 heteroatoms. The smallest absolute Gasteiger partial charge is 0.255 e. The van der Waals surface area contributed by atoms with E-state index in [0.29, 0.717) is 29.1 Å². The molecule has 0 saturated heterocycles. The summed E-state index contributed by atoms with van der Waals surface area (Å²) in [7, 11) is 0. The van der Waals surface area contributed by atoms with Crippen molar-refractivity contribution in [1.82, 2.24) is 14.9 Å². The molecule has 4 aliphatic carbocycles. The number of rotatable bonds is 4. The molecule has 0 unspecified atom stereocenters. The molecule has 5 nitrogen and oxygen atoms in total. The number of carbonyl (C=O) groups is 1. The van der Waals surface area contributed by atoms with Crippen molar-refractivity contribution in [3.8, 4) is 0 Å². The molecule has 31 heavy (non-hydrogen) atoms. The molecule has 0 spiro atoms. The zero-order valence-electron chi connectivity index (χ0n) is 17.8. The van der Waals surface area contributed by atoms with Crippen LogP contribution in [-0.4, -0.2) is 33.9 Å². The van der Waals surface area contributed by atoms with Gasteiger partial charge in [0, 0.05) is 18.7 Å². The second-order valence-electron chi connectivity index (χ2n) is 10.4. The van der Waals surface area contributed by atoms with Crippen LogP contribution in [0.25, 0.3) is 0 Å². The summed E-state index contributed by atoms with van der Waals surface area (Å²) in [6, 6.07) is 7.26. The Bertz CT molecular complexity index is 987. The average molecular weight is 437 g/mol. The van der Waals surface area contributed by atoms with Crippen LogP contribution < -0.4 is 5.32 Å². The lowest BCUT2D eigenvalue weighted by Gasteiger charge is -2.57. The molecule has 5 aliphatic rings. The molecule has 0 radical (unpaired) electrons. The molecule has 4 fully saturated rings. The molecule has 2 heterocycles. The molecular formula is C25H29ClN4O. The van der Waals surface area contributed by atoms with E-state index in [1.165, 1.54) is 44.1 Å². The summed E-state index contributed by atoms with van der Waals surface area (Å²) in [6.07, 6.45) is 11.0. The minimum absolute atomic E-state index is 0.0297. The number of halogens is 1. The number of carbonyl (C=O) groups excluding carboxylic acids is 1. The van der Waals surface area contributed by atoms with Crippen LogP contribution in [-0.2, 0) is 13.0 Å². The van der Waals surface area contributed by atoms with Crippen LogP contribution in [0.15, 0.2) is 30.6 Å². The van der Waals surface area contributed by atoms with E-state index in [-0.39, 0.29) is 5.91 Å². The van der Waals surface area contributed by atoms with Crippen molar-refractivity contribution in [2.24, 2.45) is 23.2 Å². The number of nitrogens with zero attached hydrogens (tertiary/aromatic N) is 3. The van der Waals surface area contributed by atoms with Crippen molar-refractivity contribution in [3.63, 3.8) is 0 Å². The van der Waals surface area contributed by atoms with E-state index in [4.69, 9.17) is 11.6 Å². The van der Waals surface area contributed by atoms with Gasteiger partial charge in [-0.15, -0.1) is 0 Å². The predicted octanol–water partition coefficient (Wildman–Crippen LogP) is 4.96. The monoisotopic (exact) mass is 436 g/mol. The molecular weight excluding hydrogens is 408 g/mol. The highest BCUT2D eigenvalue weighted by Gasteiger charge is 2.50. The molecule has 4 saturated carbocycles. The summed E-state index contributed by atoms with van der Waals surface area (Å²) in [5, 5.41) is 4.24. The summed E-state index contributed by atoms with van der Waals surface area (Å²) in [6.45, 7) is 2.20. The first-order valence-electron chi connectivity index (χ1n) is 11.7. The zero-order chi connectivity index (χ0) is 21.0. The molecule has 1 aliphatic heterocycles. The van der Waals surface area contributed by atoms with Crippen LogP contribution in [0.2, 0.25) is 5.02 Å². The molecule has 4 bridgehead atoms. The minimum atomic E-state index is -0.0297. The van der Waals surface area contributed by atoms with E-state index in [1.54, 1.807) is 18.5 Å². The van der Waals surface area contributed by atoms with Gasteiger partial charge in [-0.1, -0.05) is 23.7 Å². The fraction of sp³-hybridized carbons (Fsp3) is 0.560. The summed E-state index contributed by atoms with van der Waals surface area (Å²) in [5.74, 6) is 3.81. The first-order chi connectivity index (χ1) is 15.1. The van der Waals surface area contributed by atoms with Gasteiger partial charge in [-0.2, -0.15) is 0 Å². The Morgan fingerprint density at radius 1 is 1.10 bits per heavy atom. The van der Waals surface area contributed by atoms with Crippen LogP contribution >= 0.6 is 11.6 Å². The van der Waals surface area contributed by atoms with Gasteiger partial charge in [-0.25, -0.2) is 9.97 Å². The van der Waals surface area contributed by atoms with Crippen molar-refractivity contribution in [1.29, 1.82) is 0 Å². The van der Waals surface area contributed by atoms with Crippen LogP contribution in [0.5, 0.6) is 0 Å². The van der Waals surface area contributed by atoms with Gasteiger partial charge in [-0.3, -0.25) is 4.79 Å². The first-order valence-corrected chi connectivity index (χ1v) is 12.1. The largest absolute Gasteiger partial charge is 0.369 e. The summed E-state index contributed by atoms with van der Waals surface area (Å²) in [5.41, 5.74) is 3.15. The third-order valence-electron chi connectivity index (χ3n) is 8.19. The molecule has 162 valence electrons. The van der Waals surface area contributed by atoms with Crippen molar-refractivity contribution in [2.75, 3.05) is 18.4 Å². The second-order valence-corrected chi connectivity index (χ2v) is 10.8. The third kappa shape index (κ3) is 3.51. The second kappa shape index (κ2) is 7.47. The van der Waals surface area contributed by atoms with Crippen molar-refractivity contribution in [2.45, 2.75) is 51.5 Å². The first kappa shape index (κ1) is 19.5. The summed E-state index contributed by atoms with van der Waals surface area (Å²) in [4.78, 5) is 24.0. The van der Waals surface area contributed by atoms with Crippen LogP contribution in [0.1, 0.15) is 60.1 Å². The van der Waals surface area contributed by atoms with Crippen molar-refractivity contribution < 1.29 is 4.79 Å². The zero-order valence-corrected chi connectivity index (χ0v) is 18.6. The third-order valence-corrected chi connectivity index (χ3v) is 8.52. The van der Waals surface area contributed by atoms with Crippen LogP contribution in [0.3, 0.4) is 0 Å². The lowest BCUT2D eigenvalue weighted by atomic mass is 9.49. The number of benzene rings is 1. The number of anilines is 1. The topological polar surface area (TPSA) is 58.1 Å². The lowest BCUT2D eigenvalue weighted by molar-refractivity contribution is -0.0444. The Balaban J connectivity index is 1.17. The molecule has 1 amide bonds. The molecule has 1 aromatic heterocycles. The maximum Gasteiger partial charge on any atom is 0.255 e. The Morgan fingerprint density at radius 3 is 2.52 bits per heavy atom. The Kier molecular flexibility index (Phi) is 4.71. The van der Waals surface area contributed by atoms with Gasteiger partial charge in [0.2, 0.25) is 0 Å². The lowest BCUT2D eigenvalue weighted by Crippen LogP contribution is -2.49. The molecule has 7 rings (SSSR count). The predicted molar refractivity (Wildman–Crippen MR) is 121 cm³/mol. The van der Waals surface area contributed by atoms with E-state index in [1.807, 2.05) is 17.0 Å². The SMILES string of the molecule is O=C(c1ccccc1Cl)N1CCc2c(ncnc2NCC23CC4CC(CC(C4)C2)C3)C1.